The van der Waals surface area contributed by atoms with Gasteiger partial charge >= 0.3 is 59.1 Å². The minimum Gasteiger partial charge on any atom is -0.748 e. The molecule has 1 aromatic heterocycles. The number of H-pyrrole nitrogens is 1. The molecule has 1 heterocycles. The Labute approximate surface area is 165 Å². The Balaban J connectivity index is 0.00000200. The monoisotopic (exact) mass is 334 g/mol. The number of nitrogens with zero attached hydrogens (tertiary/aromatic N) is 1. The van der Waals surface area contributed by atoms with Crippen LogP contribution in [0.25, 0.3) is 0 Å². The average Bonchev–Trinajstić information content (AvgIpc) is 2.70. The number of hydrogen-bond donors (Lipinski definition) is 1. The van der Waals surface area contributed by atoms with E-state index in [0.29, 0.717) is 12.8 Å². The maximum atomic E-state index is 11.6. The number of carbonyl (C=O) groups is 1. The van der Waals surface area contributed by atoms with Crippen molar-refractivity contribution in [3.05, 3.63) is 22.1 Å². The Hall–Kier alpha value is 0.390. The number of aromatic nitrogens is 2. The Kier molecular flexibility index (Phi) is 8.45. The Morgan fingerprint density at radius 3 is 2.14 bits per heavy atom. The van der Waals surface area contributed by atoms with Crippen molar-refractivity contribution in [2.45, 2.75) is 37.0 Å². The van der Waals surface area contributed by atoms with Gasteiger partial charge in [0.05, 0.1) is 27.8 Å². The molecule has 0 radical (unpaired) electrons. The van der Waals surface area contributed by atoms with Crippen LogP contribution in [0.5, 0.6) is 0 Å². The SMILES string of the molecule is O=C([O-])c1cc(=O)n(C2CCC(S(=O)(=O)[O-])CC2)[nH]1.[Na+].[Na+]. The first-order valence-electron chi connectivity index (χ1n) is 5.76. The molecule has 1 N–H and O–H groups in total. The van der Waals surface area contributed by atoms with Gasteiger partial charge in [0.15, 0.2) is 0 Å². The zero-order valence-corrected chi connectivity index (χ0v) is 16.7. The van der Waals surface area contributed by atoms with Crippen molar-refractivity contribution in [2.24, 2.45) is 0 Å². The molecule has 21 heavy (non-hydrogen) atoms. The molecule has 11 heteroatoms. The zero-order chi connectivity index (χ0) is 14.2. The van der Waals surface area contributed by atoms with Gasteiger partial charge in [0, 0.05) is 11.3 Å². The van der Waals surface area contributed by atoms with Crippen LogP contribution in [0.3, 0.4) is 0 Å². The molecule has 0 atom stereocenters. The van der Waals surface area contributed by atoms with E-state index in [2.05, 4.69) is 5.10 Å². The minimum absolute atomic E-state index is 0. The van der Waals surface area contributed by atoms with E-state index in [0.717, 1.165) is 10.7 Å². The predicted octanol–water partition coefficient (Wildman–Crippen LogP) is -7.42. The molecule has 106 valence electrons. The number of nitrogens with one attached hydrogen (secondary N) is 1. The summed E-state index contributed by atoms with van der Waals surface area (Å²) < 4.78 is 33.8. The van der Waals surface area contributed by atoms with E-state index >= 15 is 0 Å². The molecule has 0 bridgehead atoms. The second-order valence-corrected chi connectivity index (χ2v) is 6.24. The van der Waals surface area contributed by atoms with E-state index in [1.165, 1.54) is 0 Å². The number of carbonyl (C=O) groups excluding carboxylic acids is 1. The third-order valence-electron chi connectivity index (χ3n) is 3.38. The molecule has 0 spiro atoms. The second kappa shape index (κ2) is 8.30. The van der Waals surface area contributed by atoms with Crippen LogP contribution >= 0.6 is 0 Å². The van der Waals surface area contributed by atoms with Gasteiger partial charge in [-0.2, -0.15) is 0 Å². The quantitative estimate of drug-likeness (QED) is 0.431. The van der Waals surface area contributed by atoms with Crippen molar-refractivity contribution in [3.63, 3.8) is 0 Å². The number of carboxylic acid groups (broad SMARTS) is 1. The van der Waals surface area contributed by atoms with Gasteiger partial charge in [0.2, 0.25) is 0 Å². The predicted molar refractivity (Wildman–Crippen MR) is 60.4 cm³/mol. The topological polar surface area (TPSA) is 135 Å². The molecule has 8 nitrogen and oxygen atoms in total. The van der Waals surface area contributed by atoms with Gasteiger partial charge in [0.25, 0.3) is 5.56 Å². The van der Waals surface area contributed by atoms with E-state index < -0.39 is 26.9 Å². The maximum absolute atomic E-state index is 11.6. The molecular formula is C10H12N2Na2O6S. The molecule has 1 aromatic rings. The van der Waals surface area contributed by atoms with Gasteiger partial charge in [-0.25, -0.2) is 13.1 Å². The first-order valence-corrected chi connectivity index (χ1v) is 7.24. The summed E-state index contributed by atoms with van der Waals surface area (Å²) in [6.45, 7) is 0. The summed E-state index contributed by atoms with van der Waals surface area (Å²) in [5.41, 5.74) is -0.823. The third-order valence-corrected chi connectivity index (χ3v) is 4.67. The summed E-state index contributed by atoms with van der Waals surface area (Å²) in [6, 6.07) is 0.602. The summed E-state index contributed by atoms with van der Waals surface area (Å²) in [5.74, 6) is -1.48. The van der Waals surface area contributed by atoms with E-state index in [1.54, 1.807) is 0 Å². The van der Waals surface area contributed by atoms with Crippen LogP contribution in [0.2, 0.25) is 0 Å². The van der Waals surface area contributed by atoms with Gasteiger partial charge in [-0.1, -0.05) is 0 Å². The molecule has 1 fully saturated rings. The van der Waals surface area contributed by atoms with E-state index in [9.17, 15) is 27.7 Å². The summed E-state index contributed by atoms with van der Waals surface area (Å²) >= 11 is 0. The molecule has 1 aliphatic carbocycles. The van der Waals surface area contributed by atoms with E-state index in [4.69, 9.17) is 0 Å². The van der Waals surface area contributed by atoms with Gasteiger partial charge in [-0.05, 0) is 25.7 Å². The van der Waals surface area contributed by atoms with Crippen molar-refractivity contribution < 1.29 is 82.0 Å². The molecule has 0 aliphatic heterocycles. The minimum atomic E-state index is -4.30. The Bertz CT molecular complexity index is 645. The third kappa shape index (κ3) is 5.21. The van der Waals surface area contributed by atoms with Crippen LogP contribution in [-0.4, -0.2) is 34.0 Å². The van der Waals surface area contributed by atoms with Gasteiger partial charge in [-0.3, -0.25) is 9.89 Å². The molecule has 0 unspecified atom stereocenters. The van der Waals surface area contributed by atoms with Gasteiger partial charge < -0.3 is 14.5 Å². The average molecular weight is 334 g/mol. The number of aromatic amines is 1. The second-order valence-electron chi connectivity index (χ2n) is 4.59. The van der Waals surface area contributed by atoms with Crippen molar-refractivity contribution in [2.75, 3.05) is 0 Å². The number of aromatic carboxylic acids is 1. The molecule has 0 saturated heterocycles. The van der Waals surface area contributed by atoms with Crippen LogP contribution in [0, 0.1) is 0 Å². The molecule has 1 saturated carbocycles. The molecule has 1 aliphatic rings. The zero-order valence-electron chi connectivity index (χ0n) is 11.9. The molecule has 2 rings (SSSR count). The number of rotatable bonds is 3. The first-order chi connectivity index (χ1) is 8.79. The van der Waals surface area contributed by atoms with Crippen molar-refractivity contribution in [1.29, 1.82) is 0 Å². The van der Waals surface area contributed by atoms with Crippen LogP contribution < -0.4 is 69.8 Å². The molecule has 0 amide bonds. The summed E-state index contributed by atoms with van der Waals surface area (Å²) in [5, 5.41) is 12.1. The van der Waals surface area contributed by atoms with Gasteiger partial charge in [-0.15, -0.1) is 0 Å². The summed E-state index contributed by atoms with van der Waals surface area (Å²) in [7, 11) is -4.30. The summed E-state index contributed by atoms with van der Waals surface area (Å²) in [6.07, 6.45) is 1.00. The van der Waals surface area contributed by atoms with Crippen molar-refractivity contribution in [3.8, 4) is 0 Å². The largest absolute Gasteiger partial charge is 1.00 e. The first kappa shape index (κ1) is 21.4. The number of carboxylic acids is 1. The van der Waals surface area contributed by atoms with E-state index in [-0.39, 0.29) is 83.7 Å². The standard InChI is InChI=1S/C10H14N2O6S.2Na/c13-9-5-8(10(14)15)11-12(9)6-1-3-7(4-2-6)19(16,17)18;;/h5-7,11H,1-4H2,(H,14,15)(H,16,17,18);;/q;2*+1/p-2. The molecular weight excluding hydrogens is 322 g/mol. The molecule has 0 aromatic carbocycles. The van der Waals surface area contributed by atoms with Crippen LogP contribution in [0.15, 0.2) is 10.9 Å². The van der Waals surface area contributed by atoms with Crippen LogP contribution in [-0.2, 0) is 10.1 Å². The van der Waals surface area contributed by atoms with Gasteiger partial charge in [0.1, 0.15) is 0 Å². The maximum Gasteiger partial charge on any atom is 1.00 e. The fraction of sp³-hybridized carbons (Fsp3) is 0.600. The fourth-order valence-electron chi connectivity index (χ4n) is 2.38. The van der Waals surface area contributed by atoms with Crippen molar-refractivity contribution in [1.82, 2.24) is 9.78 Å². The van der Waals surface area contributed by atoms with Crippen molar-refractivity contribution >= 4 is 16.1 Å². The Morgan fingerprint density at radius 1 is 1.24 bits per heavy atom. The normalized spacial score (nSPS) is 22.0. The van der Waals surface area contributed by atoms with E-state index in [1.807, 2.05) is 0 Å². The summed E-state index contributed by atoms with van der Waals surface area (Å²) in [4.78, 5) is 22.2. The van der Waals surface area contributed by atoms with Crippen LogP contribution in [0.4, 0.5) is 0 Å². The van der Waals surface area contributed by atoms with Crippen LogP contribution in [0.1, 0.15) is 42.2 Å². The number of hydrogen-bond acceptors (Lipinski definition) is 6. The fourth-order valence-corrected chi connectivity index (χ4v) is 3.23. The smallest absolute Gasteiger partial charge is 0.748 e. The Morgan fingerprint density at radius 2 is 1.76 bits per heavy atom.